The van der Waals surface area contributed by atoms with Crippen LogP contribution < -0.4 is 5.73 Å². The van der Waals surface area contributed by atoms with Crippen LogP contribution in [0.25, 0.3) is 11.3 Å². The van der Waals surface area contributed by atoms with Gasteiger partial charge in [-0.3, -0.25) is 0 Å². The first-order valence-corrected chi connectivity index (χ1v) is 4.68. The average molecular weight is 190 g/mol. The molecule has 0 amide bonds. The van der Waals surface area contributed by atoms with E-state index < -0.39 is 0 Å². The van der Waals surface area contributed by atoms with E-state index in [4.69, 9.17) is 5.73 Å². The zero-order chi connectivity index (χ0) is 9.97. The van der Waals surface area contributed by atoms with Crippen LogP contribution >= 0.6 is 0 Å². The molecule has 0 fully saturated rings. The monoisotopic (exact) mass is 190 g/mol. The van der Waals surface area contributed by atoms with Crippen molar-refractivity contribution in [3.8, 4) is 11.3 Å². The van der Waals surface area contributed by atoms with Gasteiger partial charge in [0.15, 0.2) is 0 Å². The molecular weight excluding hydrogens is 176 g/mol. The lowest BCUT2D eigenvalue weighted by Gasteiger charge is -1.99. The number of rotatable bonds is 3. The van der Waals surface area contributed by atoms with Crippen molar-refractivity contribution in [3.05, 3.63) is 30.5 Å². The Labute approximate surface area is 82.8 Å². The molecule has 74 valence electrons. The fraction of sp³-hybridized carbons (Fsp3) is 0.300. The molecule has 0 aliphatic carbocycles. The van der Waals surface area contributed by atoms with Gasteiger partial charge in [-0.05, 0) is 13.0 Å². The maximum atomic E-state index is 5.50. The van der Waals surface area contributed by atoms with Gasteiger partial charge < -0.3 is 15.3 Å². The summed E-state index contributed by atoms with van der Waals surface area (Å²) in [6, 6.07) is 2.01. The minimum absolute atomic E-state index is 0.643. The molecule has 4 nitrogen and oxygen atoms in total. The van der Waals surface area contributed by atoms with Gasteiger partial charge >= 0.3 is 0 Å². The van der Waals surface area contributed by atoms with E-state index in [0.29, 0.717) is 6.54 Å². The van der Waals surface area contributed by atoms with Gasteiger partial charge in [0.05, 0.1) is 5.69 Å². The third kappa shape index (κ3) is 1.56. The Morgan fingerprint density at radius 1 is 1.57 bits per heavy atom. The second kappa shape index (κ2) is 3.67. The molecule has 0 spiro atoms. The van der Waals surface area contributed by atoms with Crippen LogP contribution in [0.3, 0.4) is 0 Å². The fourth-order valence-electron chi connectivity index (χ4n) is 1.50. The Bertz CT molecular complexity index is 400. The number of hydrogen-bond acceptors (Lipinski definition) is 2. The number of aryl methyl sites for hydroxylation is 1. The highest BCUT2D eigenvalue weighted by Gasteiger charge is 2.05. The molecular formula is C10H14N4. The molecule has 2 aromatic rings. The zero-order valence-corrected chi connectivity index (χ0v) is 8.20. The molecule has 0 aliphatic rings. The van der Waals surface area contributed by atoms with Crippen molar-refractivity contribution in [3.63, 3.8) is 0 Å². The molecule has 14 heavy (non-hydrogen) atoms. The van der Waals surface area contributed by atoms with E-state index in [1.165, 1.54) is 0 Å². The van der Waals surface area contributed by atoms with Gasteiger partial charge in [-0.15, -0.1) is 0 Å². The van der Waals surface area contributed by atoms with Gasteiger partial charge in [0, 0.05) is 37.2 Å². The molecule has 0 atom stereocenters. The summed E-state index contributed by atoms with van der Waals surface area (Å²) in [5.41, 5.74) is 7.61. The van der Waals surface area contributed by atoms with E-state index in [-0.39, 0.29) is 0 Å². The Morgan fingerprint density at radius 3 is 3.07 bits per heavy atom. The maximum Gasteiger partial charge on any atom is 0.106 e. The van der Waals surface area contributed by atoms with E-state index in [1.807, 2.05) is 31.6 Å². The van der Waals surface area contributed by atoms with E-state index in [1.54, 1.807) is 0 Å². The van der Waals surface area contributed by atoms with Crippen molar-refractivity contribution < 1.29 is 0 Å². The largest absolute Gasteiger partial charge is 0.367 e. The third-order valence-corrected chi connectivity index (χ3v) is 2.24. The number of imidazole rings is 1. The van der Waals surface area contributed by atoms with Crippen molar-refractivity contribution in [1.82, 2.24) is 14.5 Å². The van der Waals surface area contributed by atoms with Crippen LogP contribution in [0.1, 0.15) is 5.82 Å². The number of aromatic nitrogens is 3. The van der Waals surface area contributed by atoms with Crippen LogP contribution in [0, 0.1) is 6.92 Å². The fourth-order valence-corrected chi connectivity index (χ4v) is 1.50. The van der Waals surface area contributed by atoms with Gasteiger partial charge in [-0.25, -0.2) is 4.98 Å². The lowest BCUT2D eigenvalue weighted by atomic mass is 10.3. The van der Waals surface area contributed by atoms with Crippen molar-refractivity contribution in [2.75, 3.05) is 6.54 Å². The van der Waals surface area contributed by atoms with Crippen LogP contribution in [-0.2, 0) is 6.54 Å². The first-order valence-electron chi connectivity index (χ1n) is 4.68. The van der Waals surface area contributed by atoms with Crippen LogP contribution in [0.2, 0.25) is 0 Å². The minimum Gasteiger partial charge on any atom is -0.367 e. The van der Waals surface area contributed by atoms with Crippen molar-refractivity contribution >= 4 is 0 Å². The second-order valence-corrected chi connectivity index (χ2v) is 3.26. The number of aromatic amines is 1. The third-order valence-electron chi connectivity index (χ3n) is 2.24. The predicted octanol–water partition coefficient (Wildman–Crippen LogP) is 1.15. The SMILES string of the molecule is Cc1nc(-c2cc[nH]c2)cn1CCN. The van der Waals surface area contributed by atoms with E-state index >= 15 is 0 Å². The molecule has 0 radical (unpaired) electrons. The normalized spacial score (nSPS) is 10.7. The Morgan fingerprint density at radius 2 is 2.43 bits per heavy atom. The standard InChI is InChI=1S/C10H14N4/c1-8-13-10(7-14(8)5-3-11)9-2-4-12-6-9/h2,4,6-7,12H,3,5,11H2,1H3. The summed E-state index contributed by atoms with van der Waals surface area (Å²) in [5, 5.41) is 0. The lowest BCUT2D eigenvalue weighted by Crippen LogP contribution is -2.10. The van der Waals surface area contributed by atoms with Crippen LogP contribution in [0.4, 0.5) is 0 Å². The summed E-state index contributed by atoms with van der Waals surface area (Å²) >= 11 is 0. The first kappa shape index (κ1) is 9.02. The topological polar surface area (TPSA) is 59.6 Å². The van der Waals surface area contributed by atoms with Crippen LogP contribution in [0.15, 0.2) is 24.7 Å². The number of nitrogens with one attached hydrogen (secondary N) is 1. The Kier molecular flexibility index (Phi) is 2.37. The summed E-state index contributed by atoms with van der Waals surface area (Å²) in [6.45, 7) is 3.46. The number of H-pyrrole nitrogens is 1. The average Bonchev–Trinajstić information content (AvgIpc) is 2.76. The van der Waals surface area contributed by atoms with Crippen molar-refractivity contribution in [2.24, 2.45) is 5.73 Å². The molecule has 2 heterocycles. The van der Waals surface area contributed by atoms with Crippen LogP contribution in [-0.4, -0.2) is 21.1 Å². The highest BCUT2D eigenvalue weighted by molar-refractivity contribution is 5.57. The number of hydrogen-bond donors (Lipinski definition) is 2. The van der Waals surface area contributed by atoms with Gasteiger partial charge in [-0.1, -0.05) is 0 Å². The molecule has 0 saturated carbocycles. The highest BCUT2D eigenvalue weighted by atomic mass is 15.1. The van der Waals surface area contributed by atoms with E-state index in [0.717, 1.165) is 23.6 Å². The summed E-state index contributed by atoms with van der Waals surface area (Å²) in [7, 11) is 0. The van der Waals surface area contributed by atoms with Crippen molar-refractivity contribution in [2.45, 2.75) is 13.5 Å². The molecule has 0 aliphatic heterocycles. The lowest BCUT2D eigenvalue weighted by molar-refractivity contribution is 0.684. The van der Waals surface area contributed by atoms with E-state index in [9.17, 15) is 0 Å². The summed E-state index contributed by atoms with van der Waals surface area (Å²) < 4.78 is 2.07. The smallest absolute Gasteiger partial charge is 0.106 e. The maximum absolute atomic E-state index is 5.50. The summed E-state index contributed by atoms with van der Waals surface area (Å²) in [5.74, 6) is 1.01. The van der Waals surface area contributed by atoms with Gasteiger partial charge in [-0.2, -0.15) is 0 Å². The first-order chi connectivity index (χ1) is 6.81. The zero-order valence-electron chi connectivity index (χ0n) is 8.20. The summed E-state index contributed by atoms with van der Waals surface area (Å²) in [6.07, 6.45) is 5.87. The molecule has 0 unspecified atom stereocenters. The molecule has 0 saturated heterocycles. The molecule has 0 bridgehead atoms. The molecule has 4 heteroatoms. The number of nitrogens with zero attached hydrogens (tertiary/aromatic N) is 2. The molecule has 2 rings (SSSR count). The van der Waals surface area contributed by atoms with Gasteiger partial charge in [0.1, 0.15) is 5.82 Å². The second-order valence-electron chi connectivity index (χ2n) is 3.26. The van der Waals surface area contributed by atoms with Gasteiger partial charge in [0.2, 0.25) is 0 Å². The van der Waals surface area contributed by atoms with Crippen molar-refractivity contribution in [1.29, 1.82) is 0 Å². The molecule has 0 aromatic carbocycles. The number of nitrogens with two attached hydrogens (primary N) is 1. The molecule has 3 N–H and O–H groups in total. The highest BCUT2D eigenvalue weighted by Crippen LogP contribution is 2.17. The summed E-state index contributed by atoms with van der Waals surface area (Å²) in [4.78, 5) is 7.47. The molecule has 2 aromatic heterocycles. The van der Waals surface area contributed by atoms with Crippen LogP contribution in [0.5, 0.6) is 0 Å². The Hall–Kier alpha value is -1.55. The van der Waals surface area contributed by atoms with E-state index in [2.05, 4.69) is 14.5 Å². The minimum atomic E-state index is 0.643. The quantitative estimate of drug-likeness (QED) is 0.762. The Balaban J connectivity index is 2.33. The van der Waals surface area contributed by atoms with Gasteiger partial charge in [0.25, 0.3) is 0 Å². The predicted molar refractivity (Wildman–Crippen MR) is 55.8 cm³/mol.